The van der Waals surface area contributed by atoms with Gasteiger partial charge in [0.05, 0.1) is 0 Å². The fourth-order valence-corrected chi connectivity index (χ4v) is 1.38. The molecule has 0 fully saturated rings. The van der Waals surface area contributed by atoms with Crippen molar-refractivity contribution in [2.75, 3.05) is 0 Å². The second-order valence-electron chi connectivity index (χ2n) is 3.27. The monoisotopic (exact) mass is 239 g/mol. The zero-order chi connectivity index (χ0) is 12.3. The molecule has 2 aromatic rings. The lowest BCUT2D eigenvalue weighted by Crippen LogP contribution is -2.03. The molecule has 88 valence electrons. The second kappa shape index (κ2) is 4.86. The Hall–Kier alpha value is -2.04. The van der Waals surface area contributed by atoms with Crippen molar-refractivity contribution < 1.29 is 17.9 Å². The van der Waals surface area contributed by atoms with Gasteiger partial charge in [0.1, 0.15) is 5.82 Å². The van der Waals surface area contributed by atoms with Gasteiger partial charge in [0.2, 0.25) is 5.88 Å². The van der Waals surface area contributed by atoms with E-state index in [0.717, 1.165) is 0 Å². The van der Waals surface area contributed by atoms with Gasteiger partial charge < -0.3 is 4.74 Å². The van der Waals surface area contributed by atoms with Gasteiger partial charge in [-0.2, -0.15) is 8.78 Å². The minimum Gasteiger partial charge on any atom is -0.417 e. The van der Waals surface area contributed by atoms with E-state index in [-0.39, 0.29) is 11.7 Å². The summed E-state index contributed by atoms with van der Waals surface area (Å²) in [5.74, 6) is -0.532. The number of ether oxygens (including phenoxy) is 1. The fourth-order valence-electron chi connectivity index (χ4n) is 1.38. The molecule has 0 radical (unpaired) electrons. The van der Waals surface area contributed by atoms with Crippen LogP contribution in [0.2, 0.25) is 0 Å². The van der Waals surface area contributed by atoms with Crippen molar-refractivity contribution in [2.45, 2.75) is 6.61 Å². The van der Waals surface area contributed by atoms with E-state index in [2.05, 4.69) is 9.72 Å². The first-order valence-electron chi connectivity index (χ1n) is 4.82. The van der Waals surface area contributed by atoms with E-state index < -0.39 is 6.61 Å². The largest absolute Gasteiger partial charge is 0.417 e. The number of rotatable bonds is 3. The smallest absolute Gasteiger partial charge is 0.388 e. The van der Waals surface area contributed by atoms with Gasteiger partial charge in [0.25, 0.3) is 0 Å². The molecular weight excluding hydrogens is 231 g/mol. The topological polar surface area (TPSA) is 22.1 Å². The van der Waals surface area contributed by atoms with Gasteiger partial charge in [-0.05, 0) is 23.8 Å². The fraction of sp³-hybridized carbons (Fsp3) is 0.0833. The van der Waals surface area contributed by atoms with E-state index in [4.69, 9.17) is 0 Å². The van der Waals surface area contributed by atoms with E-state index in [1.165, 1.54) is 24.4 Å². The molecule has 0 aliphatic carbocycles. The Balaban J connectivity index is 2.23. The maximum Gasteiger partial charge on any atom is 0.388 e. The molecule has 0 aliphatic rings. The normalized spacial score (nSPS) is 10.6. The van der Waals surface area contributed by atoms with Crippen LogP contribution in [0.15, 0.2) is 42.6 Å². The van der Waals surface area contributed by atoms with Gasteiger partial charge >= 0.3 is 6.61 Å². The highest BCUT2D eigenvalue weighted by atomic mass is 19.3. The number of pyridine rings is 1. The molecule has 1 aromatic heterocycles. The number of hydrogen-bond donors (Lipinski definition) is 0. The molecule has 0 aliphatic heterocycles. The van der Waals surface area contributed by atoms with E-state index in [0.29, 0.717) is 11.1 Å². The first-order valence-corrected chi connectivity index (χ1v) is 4.82. The standard InChI is InChI=1S/C12H8F3NO/c13-10-3-1-2-8(6-10)9-4-5-11(16-7-9)17-12(14)15/h1-7,12H. The third-order valence-electron chi connectivity index (χ3n) is 2.10. The quantitative estimate of drug-likeness (QED) is 0.817. The van der Waals surface area contributed by atoms with Crippen LogP contribution in [0.1, 0.15) is 0 Å². The van der Waals surface area contributed by atoms with E-state index >= 15 is 0 Å². The predicted molar refractivity (Wildman–Crippen MR) is 56.3 cm³/mol. The van der Waals surface area contributed by atoms with Crippen LogP contribution in [0.25, 0.3) is 11.1 Å². The second-order valence-corrected chi connectivity index (χ2v) is 3.27. The molecule has 0 N–H and O–H groups in total. The minimum atomic E-state index is -2.90. The lowest BCUT2D eigenvalue weighted by atomic mass is 10.1. The third kappa shape index (κ3) is 2.96. The highest BCUT2D eigenvalue weighted by Gasteiger charge is 2.05. The van der Waals surface area contributed by atoms with Crippen molar-refractivity contribution in [1.29, 1.82) is 0 Å². The van der Waals surface area contributed by atoms with Gasteiger partial charge in [-0.15, -0.1) is 0 Å². The van der Waals surface area contributed by atoms with Crippen LogP contribution in [0.5, 0.6) is 5.88 Å². The average molecular weight is 239 g/mol. The van der Waals surface area contributed by atoms with Gasteiger partial charge in [-0.3, -0.25) is 0 Å². The molecule has 0 spiro atoms. The van der Waals surface area contributed by atoms with Crippen molar-refractivity contribution in [1.82, 2.24) is 4.98 Å². The number of hydrogen-bond acceptors (Lipinski definition) is 2. The van der Waals surface area contributed by atoms with E-state index in [9.17, 15) is 13.2 Å². The Morgan fingerprint density at radius 3 is 2.47 bits per heavy atom. The summed E-state index contributed by atoms with van der Waals surface area (Å²) in [5.41, 5.74) is 1.26. The van der Waals surface area contributed by atoms with Crippen LogP contribution in [-0.2, 0) is 0 Å². The van der Waals surface area contributed by atoms with E-state index in [1.807, 2.05) is 0 Å². The highest BCUT2D eigenvalue weighted by molar-refractivity contribution is 5.62. The molecule has 2 nitrogen and oxygen atoms in total. The summed E-state index contributed by atoms with van der Waals surface area (Å²) in [4.78, 5) is 3.70. The van der Waals surface area contributed by atoms with Crippen LogP contribution < -0.4 is 4.74 Å². The summed E-state index contributed by atoms with van der Waals surface area (Å²) in [5, 5.41) is 0. The van der Waals surface area contributed by atoms with Crippen LogP contribution in [-0.4, -0.2) is 11.6 Å². The number of halogens is 3. The summed E-state index contributed by atoms with van der Waals surface area (Å²) >= 11 is 0. The summed E-state index contributed by atoms with van der Waals surface area (Å²) in [6.07, 6.45) is 1.35. The Morgan fingerprint density at radius 2 is 1.88 bits per heavy atom. The molecular formula is C12H8F3NO. The van der Waals surface area contributed by atoms with Gasteiger partial charge in [0, 0.05) is 17.8 Å². The Labute approximate surface area is 95.7 Å². The zero-order valence-corrected chi connectivity index (χ0v) is 8.61. The number of benzene rings is 1. The SMILES string of the molecule is Fc1cccc(-c2ccc(OC(F)F)nc2)c1. The lowest BCUT2D eigenvalue weighted by Gasteiger charge is -2.04. The van der Waals surface area contributed by atoms with Crippen LogP contribution >= 0.6 is 0 Å². The predicted octanol–water partition coefficient (Wildman–Crippen LogP) is 3.49. The summed E-state index contributed by atoms with van der Waals surface area (Å²) < 4.78 is 40.8. The maximum atomic E-state index is 13.0. The van der Waals surface area contributed by atoms with Gasteiger partial charge in [-0.1, -0.05) is 12.1 Å². The average Bonchev–Trinajstić information content (AvgIpc) is 2.29. The van der Waals surface area contributed by atoms with Crippen molar-refractivity contribution >= 4 is 0 Å². The third-order valence-corrected chi connectivity index (χ3v) is 2.10. The maximum absolute atomic E-state index is 13.0. The van der Waals surface area contributed by atoms with Crippen LogP contribution in [0, 0.1) is 5.82 Å². The van der Waals surface area contributed by atoms with Crippen molar-refractivity contribution in [3.05, 3.63) is 48.4 Å². The molecule has 1 heterocycles. The van der Waals surface area contributed by atoms with Gasteiger partial charge in [-0.25, -0.2) is 9.37 Å². The lowest BCUT2D eigenvalue weighted by molar-refractivity contribution is -0.0528. The Bertz CT molecular complexity index is 499. The van der Waals surface area contributed by atoms with Crippen LogP contribution in [0.3, 0.4) is 0 Å². The molecule has 0 unspecified atom stereocenters. The van der Waals surface area contributed by atoms with Crippen molar-refractivity contribution in [2.24, 2.45) is 0 Å². The van der Waals surface area contributed by atoms with Gasteiger partial charge in [0.15, 0.2) is 0 Å². The minimum absolute atomic E-state index is 0.167. The summed E-state index contributed by atoms with van der Waals surface area (Å²) in [7, 11) is 0. The molecule has 0 amide bonds. The molecule has 0 bridgehead atoms. The molecule has 17 heavy (non-hydrogen) atoms. The molecule has 0 saturated carbocycles. The molecule has 0 saturated heterocycles. The van der Waals surface area contributed by atoms with Crippen molar-refractivity contribution in [3.8, 4) is 17.0 Å². The summed E-state index contributed by atoms with van der Waals surface area (Å²) in [6, 6.07) is 8.78. The molecule has 5 heteroatoms. The molecule has 1 aromatic carbocycles. The number of aromatic nitrogens is 1. The van der Waals surface area contributed by atoms with Crippen LogP contribution in [0.4, 0.5) is 13.2 Å². The Kier molecular flexibility index (Phi) is 3.27. The highest BCUT2D eigenvalue weighted by Crippen LogP contribution is 2.21. The summed E-state index contributed by atoms with van der Waals surface area (Å²) in [6.45, 7) is -2.90. The molecule has 0 atom stereocenters. The number of nitrogens with zero attached hydrogens (tertiary/aromatic N) is 1. The molecule has 2 rings (SSSR count). The Morgan fingerprint density at radius 1 is 1.06 bits per heavy atom. The number of alkyl halides is 2. The first kappa shape index (κ1) is 11.4. The van der Waals surface area contributed by atoms with Crippen molar-refractivity contribution in [3.63, 3.8) is 0 Å². The van der Waals surface area contributed by atoms with E-state index in [1.54, 1.807) is 18.2 Å². The first-order chi connectivity index (χ1) is 8.15. The zero-order valence-electron chi connectivity index (χ0n) is 8.61.